The molecule has 0 amide bonds. The summed E-state index contributed by atoms with van der Waals surface area (Å²) >= 11 is 0. The van der Waals surface area contributed by atoms with E-state index in [1.165, 1.54) is 57.8 Å². The summed E-state index contributed by atoms with van der Waals surface area (Å²) < 4.78 is 10.2. The Balaban J connectivity index is 3.61. The van der Waals surface area contributed by atoms with Crippen LogP contribution in [0.2, 0.25) is 0 Å². The summed E-state index contributed by atoms with van der Waals surface area (Å²) in [5.74, 6) is -0.654. The molecule has 0 spiro atoms. The SMILES string of the molecule is CCCCCCCCCCCCCCC(=O)OC[C@H](O)COC(=O)CCC/C=C\C/C=C\C/C=C\C/C=C\C=C\[C@@H](O)CC. The molecule has 0 aromatic heterocycles. The second-order valence-corrected chi connectivity index (χ2v) is 11.5. The van der Waals surface area contributed by atoms with Crippen molar-refractivity contribution in [3.8, 4) is 0 Å². The van der Waals surface area contributed by atoms with E-state index in [1.54, 1.807) is 6.08 Å². The number of hydrogen-bond donors (Lipinski definition) is 2. The van der Waals surface area contributed by atoms with E-state index in [9.17, 15) is 19.8 Å². The number of carbonyl (C=O) groups is 2. The topological polar surface area (TPSA) is 93.1 Å². The minimum absolute atomic E-state index is 0.143. The first-order chi connectivity index (χ1) is 21.5. The summed E-state index contributed by atoms with van der Waals surface area (Å²) in [4.78, 5) is 23.8. The zero-order valence-corrected chi connectivity index (χ0v) is 28.0. The summed E-state index contributed by atoms with van der Waals surface area (Å²) in [5, 5.41) is 19.4. The quantitative estimate of drug-likeness (QED) is 0.0361. The predicted octanol–water partition coefficient (Wildman–Crippen LogP) is 9.42. The standard InChI is InChI=1S/C38H64O6/c1-3-5-6-7-8-9-10-16-19-22-25-28-31-37(41)43-33-36(40)34-44-38(42)32-29-26-23-20-17-14-12-11-13-15-18-21-24-27-30-35(39)4-2/h12-15,20-21,23-24,27,30,35-36,39-40H,3-11,16-19,22,25-26,28-29,31-34H2,1-2H3/b14-12-,15-13-,23-20-,24-21-,30-27+/t35-,36-/m0/s1. The highest BCUT2D eigenvalue weighted by Gasteiger charge is 2.11. The second kappa shape index (κ2) is 33.5. The number of carbonyl (C=O) groups excluding carboxylic acids is 2. The first-order valence-electron chi connectivity index (χ1n) is 17.4. The van der Waals surface area contributed by atoms with Crippen LogP contribution in [-0.2, 0) is 19.1 Å². The van der Waals surface area contributed by atoms with Gasteiger partial charge in [-0.2, -0.15) is 0 Å². The lowest BCUT2D eigenvalue weighted by atomic mass is 10.0. The van der Waals surface area contributed by atoms with Gasteiger partial charge in [-0.25, -0.2) is 0 Å². The molecule has 0 aromatic carbocycles. The minimum Gasteiger partial charge on any atom is -0.463 e. The van der Waals surface area contributed by atoms with Crippen molar-refractivity contribution in [3.05, 3.63) is 60.8 Å². The van der Waals surface area contributed by atoms with Gasteiger partial charge in [-0.3, -0.25) is 9.59 Å². The number of hydrogen-bond acceptors (Lipinski definition) is 6. The molecule has 0 heterocycles. The van der Waals surface area contributed by atoms with Crippen LogP contribution in [0.25, 0.3) is 0 Å². The van der Waals surface area contributed by atoms with Crippen molar-refractivity contribution in [3.63, 3.8) is 0 Å². The van der Waals surface area contributed by atoms with Crippen molar-refractivity contribution in [2.45, 2.75) is 154 Å². The molecule has 0 unspecified atom stereocenters. The summed E-state index contributed by atoms with van der Waals surface area (Å²) in [6.45, 7) is 3.90. The van der Waals surface area contributed by atoms with Gasteiger partial charge in [-0.15, -0.1) is 0 Å². The molecular formula is C38H64O6. The number of unbranched alkanes of at least 4 members (excludes halogenated alkanes) is 12. The highest BCUT2D eigenvalue weighted by atomic mass is 16.6. The predicted molar refractivity (Wildman–Crippen MR) is 183 cm³/mol. The van der Waals surface area contributed by atoms with Crippen molar-refractivity contribution in [1.29, 1.82) is 0 Å². The molecular weight excluding hydrogens is 552 g/mol. The molecule has 0 saturated carbocycles. The second-order valence-electron chi connectivity index (χ2n) is 11.5. The number of esters is 2. The van der Waals surface area contributed by atoms with E-state index < -0.39 is 6.10 Å². The summed E-state index contributed by atoms with van der Waals surface area (Å²) in [7, 11) is 0. The van der Waals surface area contributed by atoms with Gasteiger partial charge in [0.25, 0.3) is 0 Å². The van der Waals surface area contributed by atoms with Crippen LogP contribution in [0.3, 0.4) is 0 Å². The van der Waals surface area contributed by atoms with Gasteiger partial charge in [0, 0.05) is 12.8 Å². The van der Waals surface area contributed by atoms with Crippen molar-refractivity contribution in [2.24, 2.45) is 0 Å². The number of rotatable bonds is 30. The molecule has 0 aliphatic heterocycles. The van der Waals surface area contributed by atoms with E-state index >= 15 is 0 Å². The third-order valence-corrected chi connectivity index (χ3v) is 7.17. The monoisotopic (exact) mass is 616 g/mol. The molecule has 2 N–H and O–H groups in total. The maximum absolute atomic E-state index is 11.9. The molecule has 44 heavy (non-hydrogen) atoms. The number of allylic oxidation sites excluding steroid dienone is 9. The maximum atomic E-state index is 11.9. The highest BCUT2D eigenvalue weighted by Crippen LogP contribution is 2.12. The largest absolute Gasteiger partial charge is 0.463 e. The molecule has 0 rings (SSSR count). The Morgan fingerprint density at radius 1 is 0.568 bits per heavy atom. The number of ether oxygens (including phenoxy) is 2. The molecule has 2 atom stereocenters. The molecule has 0 saturated heterocycles. The van der Waals surface area contributed by atoms with Crippen LogP contribution in [-0.4, -0.2) is 47.6 Å². The van der Waals surface area contributed by atoms with Crippen LogP contribution in [0.1, 0.15) is 142 Å². The van der Waals surface area contributed by atoms with Gasteiger partial charge in [-0.05, 0) is 44.9 Å². The fraction of sp³-hybridized carbons (Fsp3) is 0.684. The van der Waals surface area contributed by atoms with Crippen LogP contribution >= 0.6 is 0 Å². The Kier molecular flexibility index (Phi) is 31.6. The lowest BCUT2D eigenvalue weighted by Crippen LogP contribution is -2.25. The van der Waals surface area contributed by atoms with E-state index in [0.29, 0.717) is 19.3 Å². The molecule has 0 aliphatic carbocycles. The molecule has 252 valence electrons. The lowest BCUT2D eigenvalue weighted by molar-refractivity contribution is -0.152. The smallest absolute Gasteiger partial charge is 0.305 e. The van der Waals surface area contributed by atoms with Crippen molar-refractivity contribution in [1.82, 2.24) is 0 Å². The number of aliphatic hydroxyl groups excluding tert-OH is 2. The van der Waals surface area contributed by atoms with Gasteiger partial charge in [0.05, 0.1) is 6.10 Å². The van der Waals surface area contributed by atoms with Crippen LogP contribution < -0.4 is 0 Å². The van der Waals surface area contributed by atoms with Gasteiger partial charge in [0.2, 0.25) is 0 Å². The molecule has 6 heteroatoms. The molecule has 0 aliphatic rings. The lowest BCUT2D eigenvalue weighted by Gasteiger charge is -2.12. The van der Waals surface area contributed by atoms with Gasteiger partial charge in [0.1, 0.15) is 19.3 Å². The fourth-order valence-electron chi connectivity index (χ4n) is 4.37. The van der Waals surface area contributed by atoms with E-state index in [-0.39, 0.29) is 31.3 Å². The molecule has 0 fully saturated rings. The third-order valence-electron chi connectivity index (χ3n) is 7.17. The normalized spacial score (nSPS) is 13.6. The van der Waals surface area contributed by atoms with Crippen LogP contribution in [0, 0.1) is 0 Å². The Morgan fingerprint density at radius 2 is 1.02 bits per heavy atom. The minimum atomic E-state index is -0.995. The van der Waals surface area contributed by atoms with Crippen molar-refractivity contribution in [2.75, 3.05) is 13.2 Å². The summed E-state index contributed by atoms with van der Waals surface area (Å²) in [6, 6.07) is 0. The Labute approximate surface area is 269 Å². The van der Waals surface area contributed by atoms with Crippen molar-refractivity contribution >= 4 is 11.9 Å². The fourth-order valence-corrected chi connectivity index (χ4v) is 4.37. The highest BCUT2D eigenvalue weighted by molar-refractivity contribution is 5.69. The maximum Gasteiger partial charge on any atom is 0.305 e. The van der Waals surface area contributed by atoms with Crippen LogP contribution in [0.5, 0.6) is 0 Å². The first kappa shape index (κ1) is 41.6. The van der Waals surface area contributed by atoms with Gasteiger partial charge in [-0.1, -0.05) is 145 Å². The van der Waals surface area contributed by atoms with Crippen molar-refractivity contribution < 1.29 is 29.3 Å². The average Bonchev–Trinajstić information content (AvgIpc) is 3.02. The van der Waals surface area contributed by atoms with Crippen LogP contribution in [0.4, 0.5) is 0 Å². The average molecular weight is 617 g/mol. The Morgan fingerprint density at radius 3 is 1.55 bits per heavy atom. The number of aliphatic hydroxyl groups is 2. The summed E-state index contributed by atoms with van der Waals surface area (Å²) in [5.41, 5.74) is 0. The van der Waals surface area contributed by atoms with E-state index in [2.05, 4.69) is 49.5 Å². The third kappa shape index (κ3) is 32.5. The van der Waals surface area contributed by atoms with Gasteiger partial charge >= 0.3 is 11.9 Å². The molecule has 0 radical (unpaired) electrons. The zero-order chi connectivity index (χ0) is 32.4. The zero-order valence-electron chi connectivity index (χ0n) is 28.0. The Hall–Kier alpha value is -2.44. The Bertz CT molecular complexity index is 810. The molecule has 0 bridgehead atoms. The molecule has 0 aromatic rings. The van der Waals surface area contributed by atoms with E-state index in [1.807, 2.05) is 19.1 Å². The van der Waals surface area contributed by atoms with Gasteiger partial charge < -0.3 is 19.7 Å². The first-order valence-corrected chi connectivity index (χ1v) is 17.4. The summed E-state index contributed by atoms with van der Waals surface area (Å²) in [6.07, 6.45) is 39.4. The molecule has 6 nitrogen and oxygen atoms in total. The van der Waals surface area contributed by atoms with Gasteiger partial charge in [0.15, 0.2) is 0 Å². The van der Waals surface area contributed by atoms with E-state index in [0.717, 1.165) is 51.4 Å². The van der Waals surface area contributed by atoms with E-state index in [4.69, 9.17) is 9.47 Å². The van der Waals surface area contributed by atoms with Crippen LogP contribution in [0.15, 0.2) is 60.8 Å².